The van der Waals surface area contributed by atoms with Gasteiger partial charge in [-0.1, -0.05) is 39.5 Å². The Kier molecular flexibility index (Phi) is 7.87. The van der Waals surface area contributed by atoms with Crippen molar-refractivity contribution in [2.75, 3.05) is 26.7 Å². The molecule has 0 aliphatic carbocycles. The summed E-state index contributed by atoms with van der Waals surface area (Å²) in [7, 11) is 2.30. The minimum absolute atomic E-state index is 0.748. The predicted octanol–water partition coefficient (Wildman–Crippen LogP) is 3.28. The normalized spacial score (nSPS) is 22.9. The van der Waals surface area contributed by atoms with E-state index in [1.54, 1.807) is 0 Å². The summed E-state index contributed by atoms with van der Waals surface area (Å²) < 4.78 is 0. The van der Waals surface area contributed by atoms with Gasteiger partial charge in [0.15, 0.2) is 0 Å². The van der Waals surface area contributed by atoms with E-state index in [2.05, 4.69) is 31.1 Å². The minimum atomic E-state index is 0.748. The highest BCUT2D eigenvalue weighted by Crippen LogP contribution is 2.15. The molecule has 1 fully saturated rings. The van der Waals surface area contributed by atoms with Gasteiger partial charge in [0.25, 0.3) is 0 Å². The summed E-state index contributed by atoms with van der Waals surface area (Å²) in [4.78, 5) is 2.55. The lowest BCUT2D eigenvalue weighted by atomic mass is 9.98. The Morgan fingerprint density at radius 1 is 1.29 bits per heavy atom. The van der Waals surface area contributed by atoms with Crippen LogP contribution in [0.3, 0.4) is 0 Å². The van der Waals surface area contributed by atoms with Crippen LogP contribution in [0.5, 0.6) is 0 Å². The zero-order chi connectivity index (χ0) is 12.5. The van der Waals surface area contributed by atoms with Crippen LogP contribution in [0.25, 0.3) is 0 Å². The summed E-state index contributed by atoms with van der Waals surface area (Å²) in [6.07, 6.45) is 9.64. The summed E-state index contributed by atoms with van der Waals surface area (Å²) >= 11 is 0. The third kappa shape index (κ3) is 6.42. The van der Waals surface area contributed by atoms with Crippen molar-refractivity contribution in [1.29, 1.82) is 0 Å². The Balaban J connectivity index is 2.18. The van der Waals surface area contributed by atoms with Gasteiger partial charge >= 0.3 is 0 Å². The molecule has 102 valence electrons. The zero-order valence-corrected chi connectivity index (χ0v) is 12.2. The topological polar surface area (TPSA) is 15.3 Å². The van der Waals surface area contributed by atoms with Crippen molar-refractivity contribution in [1.82, 2.24) is 10.2 Å². The van der Waals surface area contributed by atoms with Gasteiger partial charge in [0, 0.05) is 19.1 Å². The monoisotopic (exact) mass is 240 g/mol. The molecule has 0 saturated carbocycles. The van der Waals surface area contributed by atoms with Crippen LogP contribution in [0.4, 0.5) is 0 Å². The first-order valence-corrected chi connectivity index (χ1v) is 7.68. The van der Waals surface area contributed by atoms with Crippen LogP contribution in [0.2, 0.25) is 0 Å². The van der Waals surface area contributed by atoms with Crippen LogP contribution in [0.15, 0.2) is 0 Å². The van der Waals surface area contributed by atoms with Crippen molar-refractivity contribution in [3.05, 3.63) is 0 Å². The number of rotatable bonds is 8. The van der Waals surface area contributed by atoms with Crippen molar-refractivity contribution in [2.45, 2.75) is 64.8 Å². The summed E-state index contributed by atoms with van der Waals surface area (Å²) in [5.41, 5.74) is 0. The molecule has 17 heavy (non-hydrogen) atoms. The first-order chi connectivity index (χ1) is 8.26. The van der Waals surface area contributed by atoms with Crippen molar-refractivity contribution < 1.29 is 0 Å². The van der Waals surface area contributed by atoms with E-state index in [-0.39, 0.29) is 0 Å². The second kappa shape index (κ2) is 8.93. The Bertz CT molecular complexity index is 176. The number of hydrogen-bond donors (Lipinski definition) is 1. The molecule has 1 N–H and O–H groups in total. The number of hydrogen-bond acceptors (Lipinski definition) is 2. The molecule has 0 radical (unpaired) electrons. The van der Waals surface area contributed by atoms with E-state index in [4.69, 9.17) is 0 Å². The fourth-order valence-electron chi connectivity index (χ4n) is 2.89. The maximum absolute atomic E-state index is 3.64. The molecule has 0 bridgehead atoms. The maximum atomic E-state index is 3.64. The molecule has 2 atom stereocenters. The van der Waals surface area contributed by atoms with Gasteiger partial charge in [-0.15, -0.1) is 0 Å². The van der Waals surface area contributed by atoms with Gasteiger partial charge < -0.3 is 10.2 Å². The smallest absolute Gasteiger partial charge is 0.0194 e. The van der Waals surface area contributed by atoms with E-state index in [0.717, 1.165) is 12.0 Å². The summed E-state index contributed by atoms with van der Waals surface area (Å²) in [6, 6.07) is 0.748. The molecule has 2 unspecified atom stereocenters. The van der Waals surface area contributed by atoms with Crippen LogP contribution in [0, 0.1) is 5.92 Å². The largest absolute Gasteiger partial charge is 0.313 e. The average Bonchev–Trinajstić information content (AvgIpc) is 2.35. The Labute approximate surface area is 108 Å². The second-order valence-electron chi connectivity index (χ2n) is 5.78. The molecule has 0 aromatic heterocycles. The van der Waals surface area contributed by atoms with Crippen molar-refractivity contribution in [3.8, 4) is 0 Å². The van der Waals surface area contributed by atoms with Gasteiger partial charge in [0.2, 0.25) is 0 Å². The van der Waals surface area contributed by atoms with Gasteiger partial charge in [0.1, 0.15) is 0 Å². The quantitative estimate of drug-likeness (QED) is 0.700. The summed E-state index contributed by atoms with van der Waals surface area (Å²) in [6.45, 7) is 8.39. The lowest BCUT2D eigenvalue weighted by molar-refractivity contribution is 0.221. The molecule has 2 heteroatoms. The summed E-state index contributed by atoms with van der Waals surface area (Å²) in [5.74, 6) is 0.906. The molecular formula is C15H32N2. The number of piperidine rings is 1. The van der Waals surface area contributed by atoms with E-state index in [0.29, 0.717) is 0 Å². The zero-order valence-electron chi connectivity index (χ0n) is 12.2. The third-order valence-electron chi connectivity index (χ3n) is 4.06. The van der Waals surface area contributed by atoms with Gasteiger partial charge in [-0.25, -0.2) is 0 Å². The fourth-order valence-corrected chi connectivity index (χ4v) is 2.89. The second-order valence-corrected chi connectivity index (χ2v) is 5.78. The maximum Gasteiger partial charge on any atom is 0.0194 e. The number of nitrogens with one attached hydrogen (secondary N) is 1. The van der Waals surface area contributed by atoms with Crippen LogP contribution < -0.4 is 5.32 Å². The van der Waals surface area contributed by atoms with Crippen LogP contribution in [-0.4, -0.2) is 37.6 Å². The number of likely N-dealkylation sites (N-methyl/N-ethyl adjacent to an activating group) is 1. The van der Waals surface area contributed by atoms with Gasteiger partial charge in [-0.2, -0.15) is 0 Å². The van der Waals surface area contributed by atoms with Crippen LogP contribution in [0.1, 0.15) is 58.8 Å². The van der Waals surface area contributed by atoms with E-state index >= 15 is 0 Å². The van der Waals surface area contributed by atoms with Crippen LogP contribution >= 0.6 is 0 Å². The molecule has 1 aliphatic rings. The highest BCUT2D eigenvalue weighted by Gasteiger charge is 2.16. The molecule has 2 nitrogen and oxygen atoms in total. The van der Waals surface area contributed by atoms with Crippen LogP contribution in [-0.2, 0) is 0 Å². The predicted molar refractivity (Wildman–Crippen MR) is 76.4 cm³/mol. The molecular weight excluding hydrogens is 208 g/mol. The molecule has 1 saturated heterocycles. The van der Waals surface area contributed by atoms with Gasteiger partial charge in [-0.05, 0) is 38.8 Å². The highest BCUT2D eigenvalue weighted by molar-refractivity contribution is 4.76. The number of unbranched alkanes of at least 4 members (excludes halogenated alkanes) is 1. The molecule has 1 aliphatic heterocycles. The molecule has 0 spiro atoms. The van der Waals surface area contributed by atoms with E-state index < -0.39 is 0 Å². The third-order valence-corrected chi connectivity index (χ3v) is 4.06. The molecule has 0 aromatic carbocycles. The first kappa shape index (κ1) is 15.0. The minimum Gasteiger partial charge on any atom is -0.313 e. The fraction of sp³-hybridized carbons (Fsp3) is 1.00. The van der Waals surface area contributed by atoms with Crippen molar-refractivity contribution >= 4 is 0 Å². The molecule has 1 rings (SSSR count). The summed E-state index contributed by atoms with van der Waals surface area (Å²) in [5, 5.41) is 3.64. The average molecular weight is 240 g/mol. The Morgan fingerprint density at radius 3 is 2.71 bits per heavy atom. The van der Waals surface area contributed by atoms with Gasteiger partial charge in [0.05, 0.1) is 0 Å². The van der Waals surface area contributed by atoms with E-state index in [1.165, 1.54) is 64.6 Å². The number of nitrogens with zero attached hydrogens (tertiary/aromatic N) is 1. The lowest BCUT2D eigenvalue weighted by Crippen LogP contribution is -2.43. The SMILES string of the molecule is CCCCC(CC)CN(C)CC1CCCCN1. The Hall–Kier alpha value is -0.0800. The van der Waals surface area contributed by atoms with Crippen molar-refractivity contribution in [3.63, 3.8) is 0 Å². The van der Waals surface area contributed by atoms with Crippen molar-refractivity contribution in [2.24, 2.45) is 5.92 Å². The van der Waals surface area contributed by atoms with E-state index in [9.17, 15) is 0 Å². The van der Waals surface area contributed by atoms with E-state index in [1.807, 2.05) is 0 Å². The Morgan fingerprint density at radius 2 is 2.12 bits per heavy atom. The molecule has 1 heterocycles. The highest BCUT2D eigenvalue weighted by atomic mass is 15.1. The first-order valence-electron chi connectivity index (χ1n) is 7.68. The standard InChI is InChI=1S/C15H32N2/c1-4-6-9-14(5-2)12-17(3)13-15-10-7-8-11-16-15/h14-16H,4-13H2,1-3H3. The molecule has 0 aromatic rings. The lowest BCUT2D eigenvalue weighted by Gasteiger charge is -2.30. The molecule has 0 amide bonds. The van der Waals surface area contributed by atoms with Gasteiger partial charge in [-0.3, -0.25) is 0 Å².